The normalized spacial score (nSPS) is 14.1. The van der Waals surface area contributed by atoms with Crippen LogP contribution in [0.5, 0.6) is 0 Å². The van der Waals surface area contributed by atoms with E-state index in [2.05, 4.69) is 82.8 Å². The fourth-order valence-corrected chi connectivity index (χ4v) is 3.54. The second-order valence-corrected chi connectivity index (χ2v) is 6.82. The molecule has 2 aromatic carbocycles. The van der Waals surface area contributed by atoms with Crippen LogP contribution in [-0.2, 0) is 0 Å². The monoisotopic (exact) mass is 335 g/mol. The van der Waals surface area contributed by atoms with E-state index in [9.17, 15) is 0 Å². The quantitative estimate of drug-likeness (QED) is 0.780. The molecule has 0 aromatic heterocycles. The minimum Gasteiger partial charge on any atom is -0.312 e. The summed E-state index contributed by atoms with van der Waals surface area (Å²) in [4.78, 5) is 1.30. The Morgan fingerprint density at radius 1 is 1.00 bits per heavy atom. The van der Waals surface area contributed by atoms with E-state index in [0.717, 1.165) is 4.47 Å². The van der Waals surface area contributed by atoms with Crippen LogP contribution < -0.4 is 5.32 Å². The van der Waals surface area contributed by atoms with E-state index in [1.807, 2.05) is 18.8 Å². The molecule has 0 bridgehead atoms. The molecule has 1 nitrogen and oxygen atoms in total. The number of rotatable bonds is 5. The molecule has 0 heterocycles. The Morgan fingerprint density at radius 2 is 1.63 bits per heavy atom. The molecule has 0 saturated heterocycles. The number of thioether (sulfide) groups is 1. The molecule has 19 heavy (non-hydrogen) atoms. The van der Waals surface area contributed by atoms with Crippen LogP contribution in [-0.4, -0.2) is 12.3 Å². The highest BCUT2D eigenvalue weighted by Crippen LogP contribution is 2.32. The van der Waals surface area contributed by atoms with Crippen LogP contribution in [0.1, 0.15) is 18.5 Å². The predicted molar refractivity (Wildman–Crippen MR) is 87.7 cm³/mol. The van der Waals surface area contributed by atoms with Gasteiger partial charge in [-0.1, -0.05) is 53.2 Å². The van der Waals surface area contributed by atoms with E-state index >= 15 is 0 Å². The van der Waals surface area contributed by atoms with Gasteiger partial charge in [-0.3, -0.25) is 0 Å². The number of hydrogen-bond acceptors (Lipinski definition) is 2. The molecule has 0 spiro atoms. The molecule has 0 saturated carbocycles. The lowest BCUT2D eigenvalue weighted by atomic mass is 10.0. The van der Waals surface area contributed by atoms with Gasteiger partial charge in [0.25, 0.3) is 0 Å². The first-order chi connectivity index (χ1) is 9.20. The lowest BCUT2D eigenvalue weighted by Crippen LogP contribution is -2.25. The Morgan fingerprint density at radius 3 is 2.21 bits per heavy atom. The van der Waals surface area contributed by atoms with Crippen molar-refractivity contribution in [1.82, 2.24) is 5.32 Å². The minimum atomic E-state index is 0.356. The molecular formula is C16H18BrNS. The standard InChI is InChI=1S/C16H18BrNS/c1-12(19-15-10-8-14(17)9-11-15)16(18-2)13-6-4-3-5-7-13/h3-12,16,18H,1-2H3. The highest BCUT2D eigenvalue weighted by molar-refractivity contribution is 9.10. The van der Waals surface area contributed by atoms with Gasteiger partial charge in [0.15, 0.2) is 0 Å². The van der Waals surface area contributed by atoms with Crippen LogP contribution in [0.25, 0.3) is 0 Å². The van der Waals surface area contributed by atoms with Crippen molar-refractivity contribution in [1.29, 1.82) is 0 Å². The summed E-state index contributed by atoms with van der Waals surface area (Å²) < 4.78 is 1.12. The average molecular weight is 336 g/mol. The Hall–Kier alpha value is -0.770. The van der Waals surface area contributed by atoms with E-state index in [0.29, 0.717) is 11.3 Å². The molecule has 3 heteroatoms. The SMILES string of the molecule is CNC(c1ccccc1)C(C)Sc1ccc(Br)cc1. The third kappa shape index (κ3) is 4.10. The lowest BCUT2D eigenvalue weighted by Gasteiger charge is -2.23. The van der Waals surface area contributed by atoms with Crippen molar-refractivity contribution in [3.63, 3.8) is 0 Å². The number of benzene rings is 2. The molecule has 0 aliphatic heterocycles. The first-order valence-corrected chi connectivity index (χ1v) is 8.02. The van der Waals surface area contributed by atoms with Crippen molar-refractivity contribution in [2.75, 3.05) is 7.05 Å². The van der Waals surface area contributed by atoms with Gasteiger partial charge in [0.2, 0.25) is 0 Å². The van der Waals surface area contributed by atoms with Gasteiger partial charge < -0.3 is 5.32 Å². The predicted octanol–water partition coefficient (Wildman–Crippen LogP) is 4.89. The summed E-state index contributed by atoms with van der Waals surface area (Å²) in [5, 5.41) is 3.89. The zero-order valence-corrected chi connectivity index (χ0v) is 13.5. The Kier molecular flexibility index (Phi) is 5.49. The zero-order valence-electron chi connectivity index (χ0n) is 11.1. The number of halogens is 1. The molecule has 2 rings (SSSR count). The van der Waals surface area contributed by atoms with Crippen molar-refractivity contribution < 1.29 is 0 Å². The molecular weight excluding hydrogens is 318 g/mol. The summed E-state index contributed by atoms with van der Waals surface area (Å²) in [5.41, 5.74) is 1.34. The van der Waals surface area contributed by atoms with E-state index in [1.165, 1.54) is 10.5 Å². The molecule has 100 valence electrons. The zero-order chi connectivity index (χ0) is 13.7. The maximum absolute atomic E-state index is 3.47. The topological polar surface area (TPSA) is 12.0 Å². The van der Waals surface area contributed by atoms with Gasteiger partial charge in [0, 0.05) is 20.7 Å². The van der Waals surface area contributed by atoms with E-state index in [1.54, 1.807) is 0 Å². The van der Waals surface area contributed by atoms with Gasteiger partial charge in [0.05, 0.1) is 0 Å². The minimum absolute atomic E-state index is 0.356. The van der Waals surface area contributed by atoms with Crippen molar-refractivity contribution >= 4 is 27.7 Å². The Balaban J connectivity index is 2.09. The van der Waals surface area contributed by atoms with Crippen LogP contribution in [0.15, 0.2) is 64.0 Å². The molecule has 0 radical (unpaired) electrons. The van der Waals surface area contributed by atoms with Gasteiger partial charge in [-0.15, -0.1) is 11.8 Å². The number of hydrogen-bond donors (Lipinski definition) is 1. The van der Waals surface area contributed by atoms with E-state index in [4.69, 9.17) is 0 Å². The third-order valence-electron chi connectivity index (χ3n) is 3.07. The molecule has 2 aromatic rings. The van der Waals surface area contributed by atoms with Crippen LogP contribution in [0.4, 0.5) is 0 Å². The summed E-state index contributed by atoms with van der Waals surface area (Å²) in [6.45, 7) is 2.26. The third-order valence-corrected chi connectivity index (χ3v) is 4.79. The van der Waals surface area contributed by atoms with Crippen molar-refractivity contribution in [3.05, 3.63) is 64.6 Å². The molecule has 2 unspecified atom stereocenters. The van der Waals surface area contributed by atoms with Crippen molar-refractivity contribution in [2.24, 2.45) is 0 Å². The van der Waals surface area contributed by atoms with Crippen molar-refractivity contribution in [3.8, 4) is 0 Å². The fraction of sp³-hybridized carbons (Fsp3) is 0.250. The smallest absolute Gasteiger partial charge is 0.0438 e. The van der Waals surface area contributed by atoms with Crippen LogP contribution >= 0.6 is 27.7 Å². The second-order valence-electron chi connectivity index (χ2n) is 4.45. The maximum Gasteiger partial charge on any atom is 0.0438 e. The van der Waals surface area contributed by atoms with Gasteiger partial charge in [-0.2, -0.15) is 0 Å². The molecule has 0 aliphatic rings. The Bertz CT molecular complexity index is 498. The molecule has 0 amide bonds. The van der Waals surface area contributed by atoms with Crippen molar-refractivity contribution in [2.45, 2.75) is 23.1 Å². The largest absolute Gasteiger partial charge is 0.312 e. The maximum atomic E-state index is 3.47. The van der Waals surface area contributed by atoms with Gasteiger partial charge in [-0.25, -0.2) is 0 Å². The van der Waals surface area contributed by atoms with Crippen LogP contribution in [0.3, 0.4) is 0 Å². The van der Waals surface area contributed by atoms with E-state index in [-0.39, 0.29) is 0 Å². The first kappa shape index (κ1) is 14.6. The highest BCUT2D eigenvalue weighted by atomic mass is 79.9. The highest BCUT2D eigenvalue weighted by Gasteiger charge is 2.18. The molecule has 0 fully saturated rings. The fourth-order valence-electron chi connectivity index (χ4n) is 2.13. The summed E-state index contributed by atoms with van der Waals surface area (Å²) >= 11 is 5.37. The van der Waals surface area contributed by atoms with Gasteiger partial charge in [-0.05, 0) is 36.9 Å². The summed E-state index contributed by atoms with van der Waals surface area (Å²) in [6, 6.07) is 19.5. The number of nitrogens with one attached hydrogen (secondary N) is 1. The van der Waals surface area contributed by atoms with Crippen LogP contribution in [0, 0.1) is 0 Å². The molecule has 2 atom stereocenters. The van der Waals surface area contributed by atoms with Gasteiger partial charge >= 0.3 is 0 Å². The first-order valence-electron chi connectivity index (χ1n) is 6.35. The molecule has 0 aliphatic carbocycles. The van der Waals surface area contributed by atoms with Crippen LogP contribution in [0.2, 0.25) is 0 Å². The summed E-state index contributed by atoms with van der Waals surface area (Å²) in [6.07, 6.45) is 0. The summed E-state index contributed by atoms with van der Waals surface area (Å²) in [5.74, 6) is 0. The van der Waals surface area contributed by atoms with E-state index < -0.39 is 0 Å². The summed E-state index contributed by atoms with van der Waals surface area (Å²) in [7, 11) is 2.02. The van der Waals surface area contributed by atoms with Gasteiger partial charge in [0.1, 0.15) is 0 Å². The second kappa shape index (κ2) is 7.13. The molecule has 1 N–H and O–H groups in total. The lowest BCUT2D eigenvalue weighted by molar-refractivity contribution is 0.589. The average Bonchev–Trinajstić information content (AvgIpc) is 2.43. The Labute approximate surface area is 127 Å².